The molecule has 0 aromatic carbocycles. The van der Waals surface area contributed by atoms with Crippen LogP contribution in [0.1, 0.15) is 207 Å². The Morgan fingerprint density at radius 1 is 0.500 bits per heavy atom. The largest absolute Gasteiger partial charge is 0.472 e. The molecular weight excluding hydrogens is 914 g/mol. The van der Waals surface area contributed by atoms with Crippen molar-refractivity contribution in [1.29, 1.82) is 0 Å². The Hall–Kier alpha value is -2.00. The Morgan fingerprint density at radius 3 is 1.44 bits per heavy atom. The summed E-state index contributed by atoms with van der Waals surface area (Å²) < 4.78 is 47.8. The van der Waals surface area contributed by atoms with Crippen molar-refractivity contribution in [3.05, 3.63) is 48.6 Å². The van der Waals surface area contributed by atoms with Crippen LogP contribution in [0.2, 0.25) is 0 Å². The summed E-state index contributed by atoms with van der Waals surface area (Å²) in [4.78, 5) is 53.0. The van der Waals surface area contributed by atoms with Crippen LogP contribution in [0, 0.1) is 5.92 Å². The van der Waals surface area contributed by atoms with Gasteiger partial charge in [0.1, 0.15) is 12.7 Å². The first-order valence-electron chi connectivity index (χ1n) is 25.9. The zero-order valence-electron chi connectivity index (χ0n) is 42.1. The molecule has 0 fully saturated rings. The van der Waals surface area contributed by atoms with Crippen LogP contribution in [0.15, 0.2) is 48.6 Å². The number of unbranched alkanes of at least 4 members (excludes halogenated alkanes) is 17. The van der Waals surface area contributed by atoms with Gasteiger partial charge in [0.05, 0.1) is 32.0 Å². The summed E-state index contributed by atoms with van der Waals surface area (Å²) in [5, 5.41) is 30.6. The predicted molar refractivity (Wildman–Crippen MR) is 270 cm³/mol. The number of esters is 2. The minimum atomic E-state index is -4.90. The molecule has 0 saturated carbocycles. The molecular formula is C51H94O15P2. The minimum absolute atomic E-state index is 0.0901. The summed E-state index contributed by atoms with van der Waals surface area (Å²) in [5.41, 5.74) is 0. The molecule has 398 valence electrons. The Balaban J connectivity index is 4.57. The molecule has 0 radical (unpaired) electrons. The highest BCUT2D eigenvalue weighted by molar-refractivity contribution is 7.47. The highest BCUT2D eigenvalue weighted by Gasteiger charge is 2.28. The third-order valence-electron chi connectivity index (χ3n) is 11.5. The fourth-order valence-corrected chi connectivity index (χ4v) is 8.22. The lowest BCUT2D eigenvalue weighted by Gasteiger charge is -2.21. The van der Waals surface area contributed by atoms with Crippen molar-refractivity contribution >= 4 is 27.6 Å². The third kappa shape index (κ3) is 46.4. The molecule has 0 saturated heterocycles. The summed E-state index contributed by atoms with van der Waals surface area (Å²) in [6.07, 6.45) is 39.8. The highest BCUT2D eigenvalue weighted by Crippen LogP contribution is 2.44. The molecule has 0 aliphatic heterocycles. The Labute approximate surface area is 410 Å². The molecule has 0 aliphatic rings. The fraction of sp³-hybridized carbons (Fsp3) is 0.804. The predicted octanol–water partition coefficient (Wildman–Crippen LogP) is 12.0. The first-order valence-corrected chi connectivity index (χ1v) is 28.9. The Bertz CT molecular complexity index is 1430. The van der Waals surface area contributed by atoms with Crippen molar-refractivity contribution in [3.8, 4) is 0 Å². The molecule has 0 aromatic rings. The van der Waals surface area contributed by atoms with E-state index in [0.717, 1.165) is 44.4 Å². The maximum atomic E-state index is 12.8. The van der Waals surface area contributed by atoms with E-state index in [-0.39, 0.29) is 32.1 Å². The number of allylic oxidation sites excluding steroid dienone is 7. The van der Waals surface area contributed by atoms with Gasteiger partial charge in [0.15, 0.2) is 6.10 Å². The molecule has 0 spiro atoms. The average molecular weight is 1010 g/mol. The van der Waals surface area contributed by atoms with Crippen molar-refractivity contribution in [3.63, 3.8) is 0 Å². The van der Waals surface area contributed by atoms with E-state index in [1.165, 1.54) is 103 Å². The van der Waals surface area contributed by atoms with Gasteiger partial charge in [-0.3, -0.25) is 23.2 Å². The van der Waals surface area contributed by atoms with Gasteiger partial charge in [0, 0.05) is 12.8 Å². The maximum Gasteiger partial charge on any atom is 0.472 e. The van der Waals surface area contributed by atoms with E-state index in [1.807, 2.05) is 12.2 Å². The van der Waals surface area contributed by atoms with E-state index >= 15 is 0 Å². The SMILES string of the molecule is CC/C=C\C/C=C\C/C=C\C/C=C\C[C@@H](O)[C@H](O)CCCC(=O)O[C@H](COC(=O)CCCCCCCCCCCCCCCCCCCCC(C)CC)COP(=O)(O)OC[C@@H](O)COP(=O)(O)O. The van der Waals surface area contributed by atoms with Crippen LogP contribution in [0.4, 0.5) is 0 Å². The van der Waals surface area contributed by atoms with Gasteiger partial charge in [-0.2, -0.15) is 0 Å². The standard InChI is InChI=1S/C51H94O15P2/c1-4-6-7-8-9-10-11-21-24-27-30-33-37-48(53)49(54)38-35-40-51(56)66-47(44-65-68(60,61)64-42-46(52)41-63-67(57,58)59)43-62-50(55)39-34-31-28-25-22-19-17-15-13-12-14-16-18-20-23-26-29-32-36-45(3)5-2/h6-7,9-10,21,24,30,33,45-49,52-54H,4-5,8,11-20,22-23,25-29,31-32,34-44H2,1-3H3,(H,60,61)(H2,57,58,59)/b7-6-,10-9-,24-21-,33-30-/t45?,46-,47+,48+,49+/m0/s1. The second-order valence-corrected chi connectivity index (χ2v) is 20.7. The first-order chi connectivity index (χ1) is 32.6. The van der Waals surface area contributed by atoms with E-state index < -0.39 is 78.4 Å². The van der Waals surface area contributed by atoms with Crippen molar-refractivity contribution < 1.29 is 71.8 Å². The van der Waals surface area contributed by atoms with Crippen LogP contribution >= 0.6 is 15.6 Å². The van der Waals surface area contributed by atoms with Crippen LogP contribution in [-0.2, 0) is 41.8 Å². The van der Waals surface area contributed by atoms with Gasteiger partial charge >= 0.3 is 27.6 Å². The lowest BCUT2D eigenvalue weighted by atomic mass is 9.99. The molecule has 0 aromatic heterocycles. The maximum absolute atomic E-state index is 12.8. The van der Waals surface area contributed by atoms with Gasteiger partial charge in [0.2, 0.25) is 0 Å². The lowest BCUT2D eigenvalue weighted by molar-refractivity contribution is -0.161. The Kier molecular flexibility index (Phi) is 43.6. The first kappa shape index (κ1) is 66.0. The molecule has 0 aliphatic carbocycles. The van der Waals surface area contributed by atoms with E-state index in [0.29, 0.717) is 12.8 Å². The number of aliphatic hydroxyl groups excluding tert-OH is 3. The number of phosphoric ester groups is 2. The van der Waals surface area contributed by atoms with Gasteiger partial charge in [0.25, 0.3) is 0 Å². The molecule has 6 atom stereocenters. The topological polar surface area (TPSA) is 236 Å². The van der Waals surface area contributed by atoms with Crippen LogP contribution < -0.4 is 0 Å². The van der Waals surface area contributed by atoms with Gasteiger partial charge in [-0.05, 0) is 57.3 Å². The van der Waals surface area contributed by atoms with Gasteiger partial charge in [-0.1, -0.05) is 191 Å². The number of carbonyl (C=O) groups is 2. The van der Waals surface area contributed by atoms with Gasteiger partial charge < -0.3 is 39.5 Å². The smallest absolute Gasteiger partial charge is 0.462 e. The molecule has 0 rings (SSSR count). The molecule has 0 bridgehead atoms. The van der Waals surface area contributed by atoms with Crippen LogP contribution in [0.3, 0.4) is 0 Å². The van der Waals surface area contributed by atoms with Crippen LogP contribution in [0.5, 0.6) is 0 Å². The molecule has 0 amide bonds. The summed E-state index contributed by atoms with van der Waals surface area (Å²) in [6.45, 7) is 3.73. The molecule has 68 heavy (non-hydrogen) atoms. The molecule has 0 heterocycles. The van der Waals surface area contributed by atoms with E-state index in [4.69, 9.17) is 23.8 Å². The van der Waals surface area contributed by atoms with Crippen molar-refractivity contribution in [2.75, 3.05) is 26.4 Å². The summed E-state index contributed by atoms with van der Waals surface area (Å²) in [7, 11) is -9.80. The third-order valence-corrected chi connectivity index (χ3v) is 12.9. The number of carbonyl (C=O) groups excluding carboxylic acids is 2. The summed E-state index contributed by atoms with van der Waals surface area (Å²) >= 11 is 0. The minimum Gasteiger partial charge on any atom is -0.462 e. The fourth-order valence-electron chi connectivity index (χ4n) is 7.06. The summed E-state index contributed by atoms with van der Waals surface area (Å²) in [5.74, 6) is -0.437. The van der Waals surface area contributed by atoms with Crippen LogP contribution in [0.25, 0.3) is 0 Å². The zero-order valence-corrected chi connectivity index (χ0v) is 43.9. The number of hydrogen-bond acceptors (Lipinski definition) is 12. The van der Waals surface area contributed by atoms with Crippen molar-refractivity contribution in [2.45, 2.75) is 231 Å². The number of rotatable bonds is 48. The second kappa shape index (κ2) is 44.9. The highest BCUT2D eigenvalue weighted by atomic mass is 31.2. The van der Waals surface area contributed by atoms with Gasteiger partial charge in [-0.25, -0.2) is 9.13 Å². The van der Waals surface area contributed by atoms with E-state index in [2.05, 4.69) is 60.2 Å². The number of hydrogen-bond donors (Lipinski definition) is 6. The normalized spacial score (nSPS) is 15.6. The number of aliphatic hydroxyl groups is 3. The Morgan fingerprint density at radius 2 is 0.941 bits per heavy atom. The summed E-state index contributed by atoms with van der Waals surface area (Å²) in [6, 6.07) is 0. The average Bonchev–Trinajstić information content (AvgIpc) is 3.30. The molecule has 2 unspecified atom stereocenters. The van der Waals surface area contributed by atoms with Crippen LogP contribution in [-0.4, -0.2) is 92.8 Å². The number of phosphoric acid groups is 2. The number of ether oxygens (including phenoxy) is 2. The molecule has 15 nitrogen and oxygen atoms in total. The van der Waals surface area contributed by atoms with E-state index in [1.54, 1.807) is 6.08 Å². The molecule has 17 heteroatoms. The monoisotopic (exact) mass is 1010 g/mol. The van der Waals surface area contributed by atoms with Crippen molar-refractivity contribution in [2.24, 2.45) is 5.92 Å². The molecule has 6 N–H and O–H groups in total. The van der Waals surface area contributed by atoms with Crippen molar-refractivity contribution in [1.82, 2.24) is 0 Å². The quantitative estimate of drug-likeness (QED) is 0.0144. The lowest BCUT2D eigenvalue weighted by Crippen LogP contribution is -2.30. The zero-order chi connectivity index (χ0) is 50.6. The van der Waals surface area contributed by atoms with Gasteiger partial charge in [-0.15, -0.1) is 0 Å². The van der Waals surface area contributed by atoms with E-state index in [9.17, 15) is 38.9 Å². The second-order valence-electron chi connectivity index (χ2n) is 18.0.